The van der Waals surface area contributed by atoms with E-state index in [1.54, 1.807) is 12.1 Å². The number of fused-ring (bicyclic) bond motifs is 1. The molecule has 2 bridgehead atoms. The van der Waals surface area contributed by atoms with E-state index >= 15 is 0 Å². The Morgan fingerprint density at radius 3 is 1.93 bits per heavy atom. The Morgan fingerprint density at radius 1 is 0.867 bits per heavy atom. The summed E-state index contributed by atoms with van der Waals surface area (Å²) in [5.74, 6) is -1.12. The van der Waals surface area contributed by atoms with Crippen LogP contribution in [0.3, 0.4) is 0 Å². The van der Waals surface area contributed by atoms with Gasteiger partial charge in [0.05, 0.1) is 11.8 Å². The molecule has 2 fully saturated rings. The summed E-state index contributed by atoms with van der Waals surface area (Å²) < 4.78 is 0. The molecule has 0 spiro atoms. The first kappa shape index (κ1) is 18.8. The molecule has 0 unspecified atom stereocenters. The summed E-state index contributed by atoms with van der Waals surface area (Å²) in [4.78, 5) is 41.4. The fraction of sp³-hybridized carbons (Fsp3) is 0.320. The van der Waals surface area contributed by atoms with Crippen molar-refractivity contribution in [3.63, 3.8) is 0 Å². The molecule has 1 saturated carbocycles. The van der Waals surface area contributed by atoms with Crippen molar-refractivity contribution < 1.29 is 14.4 Å². The van der Waals surface area contributed by atoms with Crippen molar-refractivity contribution >= 4 is 23.4 Å². The van der Waals surface area contributed by atoms with Crippen LogP contribution in [0.4, 0.5) is 5.69 Å². The van der Waals surface area contributed by atoms with Gasteiger partial charge in [-0.05, 0) is 42.4 Å². The van der Waals surface area contributed by atoms with Crippen LogP contribution in [0.1, 0.15) is 18.4 Å². The summed E-state index contributed by atoms with van der Waals surface area (Å²) in [6, 6.07) is 17.8. The second kappa shape index (κ2) is 7.56. The molecule has 1 aliphatic heterocycles. The van der Waals surface area contributed by atoms with Crippen LogP contribution in [-0.4, -0.2) is 28.7 Å². The maximum atomic E-state index is 13.4. The maximum absolute atomic E-state index is 13.4. The highest BCUT2D eigenvalue weighted by Crippen LogP contribution is 2.50. The van der Waals surface area contributed by atoms with Gasteiger partial charge in [-0.15, -0.1) is 0 Å². The van der Waals surface area contributed by atoms with Crippen LogP contribution in [0, 0.1) is 23.7 Å². The molecular weight excluding hydrogens is 376 g/mol. The number of carbonyl (C=O) groups excluding carboxylic acids is 3. The molecule has 5 heteroatoms. The zero-order valence-electron chi connectivity index (χ0n) is 16.6. The van der Waals surface area contributed by atoms with E-state index in [0.29, 0.717) is 12.1 Å². The van der Waals surface area contributed by atoms with E-state index < -0.39 is 6.04 Å². The van der Waals surface area contributed by atoms with Gasteiger partial charge in [-0.3, -0.25) is 19.3 Å². The number of nitrogens with one attached hydrogen (secondary N) is 1. The van der Waals surface area contributed by atoms with Crippen molar-refractivity contribution in [2.45, 2.75) is 25.3 Å². The lowest BCUT2D eigenvalue weighted by atomic mass is 9.63. The van der Waals surface area contributed by atoms with Crippen LogP contribution < -0.4 is 5.32 Å². The number of likely N-dealkylation sites (tertiary alicyclic amines) is 1. The molecule has 152 valence electrons. The highest BCUT2D eigenvalue weighted by Gasteiger charge is 2.58. The molecule has 1 N–H and O–H groups in total. The van der Waals surface area contributed by atoms with Gasteiger partial charge >= 0.3 is 0 Å². The van der Waals surface area contributed by atoms with Crippen molar-refractivity contribution in [3.8, 4) is 0 Å². The minimum Gasteiger partial charge on any atom is -0.324 e. The molecule has 0 radical (unpaired) electrons. The number of rotatable bonds is 5. The van der Waals surface area contributed by atoms with Crippen LogP contribution in [0.15, 0.2) is 72.8 Å². The predicted octanol–water partition coefficient (Wildman–Crippen LogP) is 3.43. The fourth-order valence-electron chi connectivity index (χ4n) is 5.29. The summed E-state index contributed by atoms with van der Waals surface area (Å²) in [6.45, 7) is 0. The molecule has 3 aliphatic carbocycles. The minimum absolute atomic E-state index is 0.107. The quantitative estimate of drug-likeness (QED) is 0.618. The molecule has 2 aromatic carbocycles. The van der Waals surface area contributed by atoms with Crippen molar-refractivity contribution in [2.24, 2.45) is 23.7 Å². The number of carbonyl (C=O) groups is 3. The Hall–Kier alpha value is -3.21. The molecular formula is C25H24N2O3. The van der Waals surface area contributed by atoms with Crippen LogP contribution in [0.5, 0.6) is 0 Å². The molecule has 4 aliphatic rings. The second-order valence-electron chi connectivity index (χ2n) is 8.45. The van der Waals surface area contributed by atoms with Crippen LogP contribution >= 0.6 is 0 Å². The Balaban J connectivity index is 1.47. The van der Waals surface area contributed by atoms with Gasteiger partial charge in [0.2, 0.25) is 17.7 Å². The Bertz CT molecular complexity index is 970. The number of para-hydroxylation sites is 1. The average molecular weight is 400 g/mol. The topological polar surface area (TPSA) is 66.5 Å². The van der Waals surface area contributed by atoms with Gasteiger partial charge in [-0.25, -0.2) is 0 Å². The van der Waals surface area contributed by atoms with Gasteiger partial charge in [0.25, 0.3) is 0 Å². The number of hydrogen-bond acceptors (Lipinski definition) is 3. The first-order chi connectivity index (χ1) is 14.6. The highest BCUT2D eigenvalue weighted by molar-refractivity contribution is 6.10. The number of allylic oxidation sites excluding steroid dienone is 2. The van der Waals surface area contributed by atoms with Gasteiger partial charge in [-0.1, -0.05) is 60.7 Å². The van der Waals surface area contributed by atoms with Crippen molar-refractivity contribution in [1.29, 1.82) is 0 Å². The lowest BCUT2D eigenvalue weighted by Crippen LogP contribution is -2.49. The van der Waals surface area contributed by atoms with E-state index in [1.165, 1.54) is 4.90 Å². The number of anilines is 1. The zero-order chi connectivity index (χ0) is 20.7. The zero-order valence-corrected chi connectivity index (χ0v) is 16.6. The predicted molar refractivity (Wildman–Crippen MR) is 113 cm³/mol. The summed E-state index contributed by atoms with van der Waals surface area (Å²) in [7, 11) is 0. The number of benzene rings is 2. The Kier molecular flexibility index (Phi) is 4.74. The van der Waals surface area contributed by atoms with Crippen molar-refractivity contribution in [1.82, 2.24) is 4.90 Å². The summed E-state index contributed by atoms with van der Waals surface area (Å²) in [5, 5.41) is 2.90. The van der Waals surface area contributed by atoms with E-state index in [1.807, 2.05) is 48.5 Å². The first-order valence-corrected chi connectivity index (χ1v) is 10.6. The molecule has 2 aromatic rings. The fourth-order valence-corrected chi connectivity index (χ4v) is 5.29. The third-order valence-electron chi connectivity index (χ3n) is 6.72. The standard InChI is InChI=1S/C25H24N2O3/c28-23(26-19-9-5-2-6-10-19)20(15-16-7-3-1-4-8-16)27-24(29)21-17-11-12-18(14-13-17)22(21)25(27)30/h1-12,17-18,20-22H,13-15H2,(H,26,28)/t17-,18-,20-,21+,22+/m0/s1. The third kappa shape index (κ3) is 3.15. The van der Waals surface area contributed by atoms with Crippen LogP contribution in [0.25, 0.3) is 0 Å². The Labute approximate surface area is 175 Å². The summed E-state index contributed by atoms with van der Waals surface area (Å²) >= 11 is 0. The summed E-state index contributed by atoms with van der Waals surface area (Å²) in [5.41, 5.74) is 1.57. The number of amides is 3. The van der Waals surface area contributed by atoms with E-state index in [4.69, 9.17) is 0 Å². The van der Waals surface area contributed by atoms with E-state index in [2.05, 4.69) is 17.5 Å². The summed E-state index contributed by atoms with van der Waals surface area (Å²) in [6.07, 6.45) is 6.38. The molecule has 3 amide bonds. The molecule has 5 atom stereocenters. The molecule has 5 nitrogen and oxygen atoms in total. The molecule has 30 heavy (non-hydrogen) atoms. The largest absolute Gasteiger partial charge is 0.324 e. The maximum Gasteiger partial charge on any atom is 0.248 e. The van der Waals surface area contributed by atoms with Gasteiger partial charge in [0.15, 0.2) is 0 Å². The van der Waals surface area contributed by atoms with E-state index in [-0.39, 0.29) is 41.4 Å². The van der Waals surface area contributed by atoms with E-state index in [9.17, 15) is 14.4 Å². The van der Waals surface area contributed by atoms with Crippen LogP contribution in [-0.2, 0) is 20.8 Å². The monoisotopic (exact) mass is 400 g/mol. The third-order valence-corrected chi connectivity index (χ3v) is 6.72. The molecule has 6 rings (SSSR count). The lowest BCUT2D eigenvalue weighted by Gasteiger charge is -2.38. The van der Waals surface area contributed by atoms with Crippen molar-refractivity contribution in [3.05, 3.63) is 78.4 Å². The van der Waals surface area contributed by atoms with Gasteiger partial charge in [0, 0.05) is 12.1 Å². The molecule has 0 aromatic heterocycles. The number of hydrogen-bond donors (Lipinski definition) is 1. The van der Waals surface area contributed by atoms with Gasteiger partial charge < -0.3 is 5.32 Å². The highest BCUT2D eigenvalue weighted by atomic mass is 16.2. The molecule has 1 heterocycles. The second-order valence-corrected chi connectivity index (χ2v) is 8.45. The minimum atomic E-state index is -0.863. The number of nitrogens with zero attached hydrogens (tertiary/aromatic N) is 1. The first-order valence-electron chi connectivity index (χ1n) is 10.6. The smallest absolute Gasteiger partial charge is 0.248 e. The Morgan fingerprint density at radius 2 is 1.40 bits per heavy atom. The van der Waals surface area contributed by atoms with Gasteiger partial charge in [-0.2, -0.15) is 0 Å². The normalized spacial score (nSPS) is 27.8. The number of imide groups is 1. The molecule has 1 saturated heterocycles. The average Bonchev–Trinajstić information content (AvgIpc) is 3.07. The van der Waals surface area contributed by atoms with Gasteiger partial charge in [0.1, 0.15) is 6.04 Å². The van der Waals surface area contributed by atoms with Crippen molar-refractivity contribution in [2.75, 3.05) is 5.32 Å². The lowest BCUT2D eigenvalue weighted by molar-refractivity contribution is -0.146. The van der Waals surface area contributed by atoms with Crippen LogP contribution in [0.2, 0.25) is 0 Å². The SMILES string of the molecule is O=C(Nc1ccccc1)[C@H](Cc1ccccc1)N1C(=O)[C@H]2[C@H](C1=O)[C@H]1C=C[C@H]2CC1. The van der Waals surface area contributed by atoms with E-state index in [0.717, 1.165) is 18.4 Å².